The van der Waals surface area contributed by atoms with Crippen molar-refractivity contribution in [3.8, 4) is 5.75 Å². The highest BCUT2D eigenvalue weighted by atomic mass is 32.1. The number of amides is 2. The molecule has 0 aliphatic rings. The number of nitrogens with one attached hydrogen (secondary N) is 2. The fourth-order valence-electron chi connectivity index (χ4n) is 2.32. The lowest BCUT2D eigenvalue weighted by Crippen LogP contribution is -2.28. The van der Waals surface area contributed by atoms with Crippen LogP contribution in [-0.2, 0) is 9.59 Å². The largest absolute Gasteiger partial charge is 0.484 e. The van der Waals surface area contributed by atoms with E-state index in [9.17, 15) is 9.59 Å². The molecule has 1 aromatic heterocycles. The van der Waals surface area contributed by atoms with Gasteiger partial charge in [0.2, 0.25) is 5.91 Å². The number of nitrogens with zero attached hydrogens (tertiary/aromatic N) is 1. The van der Waals surface area contributed by atoms with Crippen LogP contribution in [0, 0.1) is 0 Å². The lowest BCUT2D eigenvalue weighted by molar-refractivity contribution is -0.123. The number of anilines is 1. The van der Waals surface area contributed by atoms with Gasteiger partial charge in [-0.1, -0.05) is 12.1 Å². The molecule has 3 aromatic rings. The molecule has 0 radical (unpaired) electrons. The molecule has 3 rings (SSSR count). The number of hydrogen-bond acceptors (Lipinski definition) is 5. The van der Waals surface area contributed by atoms with Crippen molar-refractivity contribution >= 4 is 45.1 Å². The Balaban J connectivity index is 1.53. The quantitative estimate of drug-likeness (QED) is 0.614. The Morgan fingerprint density at radius 3 is 2.67 bits per heavy atom. The number of aromatic nitrogens is 1. The zero-order chi connectivity index (χ0) is 19.1. The van der Waals surface area contributed by atoms with Crippen LogP contribution in [0.25, 0.3) is 16.3 Å². The highest BCUT2D eigenvalue weighted by Gasteiger charge is 2.03. The molecule has 0 spiro atoms. The summed E-state index contributed by atoms with van der Waals surface area (Å²) in [5.41, 5.74) is 1.56. The van der Waals surface area contributed by atoms with E-state index >= 15 is 0 Å². The standard InChI is InChI=1S/C20H19N3O3S/c1-2-21-19(25)13-26-15-9-7-14(8-10-15)22-18(24)11-12-20-23-16-5-3-4-6-17(16)27-20/h3-12H,2,13H2,1H3,(H,21,25)(H,22,24)/b12-11+. The third-order valence-electron chi connectivity index (χ3n) is 3.55. The molecule has 6 nitrogen and oxygen atoms in total. The number of likely N-dealkylation sites (N-methyl/N-ethyl adjacent to an activating group) is 1. The summed E-state index contributed by atoms with van der Waals surface area (Å²) in [6, 6.07) is 14.7. The lowest BCUT2D eigenvalue weighted by Gasteiger charge is -2.07. The molecule has 138 valence electrons. The first kappa shape index (κ1) is 18.6. The fraction of sp³-hybridized carbons (Fsp3) is 0.150. The Morgan fingerprint density at radius 1 is 1.15 bits per heavy atom. The van der Waals surface area contributed by atoms with E-state index in [1.807, 2.05) is 31.2 Å². The van der Waals surface area contributed by atoms with E-state index in [1.165, 1.54) is 17.4 Å². The number of para-hydroxylation sites is 1. The number of carbonyl (C=O) groups excluding carboxylic acids is 2. The minimum Gasteiger partial charge on any atom is -0.484 e. The smallest absolute Gasteiger partial charge is 0.257 e. The highest BCUT2D eigenvalue weighted by molar-refractivity contribution is 7.19. The van der Waals surface area contributed by atoms with Gasteiger partial charge in [-0.05, 0) is 49.4 Å². The van der Waals surface area contributed by atoms with Crippen molar-refractivity contribution in [3.63, 3.8) is 0 Å². The van der Waals surface area contributed by atoms with Crippen molar-refractivity contribution in [1.82, 2.24) is 10.3 Å². The minimum absolute atomic E-state index is 0.0373. The molecular weight excluding hydrogens is 362 g/mol. The first-order valence-electron chi connectivity index (χ1n) is 8.48. The maximum Gasteiger partial charge on any atom is 0.257 e. The Hall–Kier alpha value is -3.19. The van der Waals surface area contributed by atoms with Crippen molar-refractivity contribution in [3.05, 3.63) is 59.6 Å². The molecular formula is C20H19N3O3S. The van der Waals surface area contributed by atoms with Crippen LogP contribution in [0.1, 0.15) is 11.9 Å². The van der Waals surface area contributed by atoms with Crippen molar-refractivity contribution in [2.75, 3.05) is 18.5 Å². The van der Waals surface area contributed by atoms with E-state index in [0.717, 1.165) is 15.2 Å². The SMILES string of the molecule is CCNC(=O)COc1ccc(NC(=O)/C=C/c2nc3ccccc3s2)cc1. The Kier molecular flexibility index (Phi) is 6.17. The van der Waals surface area contributed by atoms with Crippen LogP contribution in [0.2, 0.25) is 0 Å². The molecule has 2 amide bonds. The van der Waals surface area contributed by atoms with Crippen molar-refractivity contribution in [2.24, 2.45) is 0 Å². The second-order valence-electron chi connectivity index (χ2n) is 5.61. The van der Waals surface area contributed by atoms with Gasteiger partial charge in [0.25, 0.3) is 5.91 Å². The lowest BCUT2D eigenvalue weighted by atomic mass is 10.3. The first-order valence-corrected chi connectivity index (χ1v) is 9.30. The summed E-state index contributed by atoms with van der Waals surface area (Å²) >= 11 is 1.53. The average molecular weight is 381 g/mol. The average Bonchev–Trinajstić information content (AvgIpc) is 3.09. The zero-order valence-electron chi connectivity index (χ0n) is 14.8. The van der Waals surface area contributed by atoms with Gasteiger partial charge in [0.1, 0.15) is 10.8 Å². The van der Waals surface area contributed by atoms with Crippen LogP contribution >= 0.6 is 11.3 Å². The Labute approximate surface area is 160 Å². The molecule has 1 heterocycles. The Morgan fingerprint density at radius 2 is 1.93 bits per heavy atom. The maximum atomic E-state index is 12.1. The van der Waals surface area contributed by atoms with Gasteiger partial charge in [-0.15, -0.1) is 11.3 Å². The predicted octanol–water partition coefficient (Wildman–Crippen LogP) is 3.46. The molecule has 0 aliphatic carbocycles. The molecule has 0 aliphatic heterocycles. The molecule has 2 aromatic carbocycles. The first-order chi connectivity index (χ1) is 13.1. The summed E-state index contributed by atoms with van der Waals surface area (Å²) in [6.45, 7) is 2.38. The number of benzene rings is 2. The van der Waals surface area contributed by atoms with E-state index in [4.69, 9.17) is 4.74 Å². The second-order valence-corrected chi connectivity index (χ2v) is 6.67. The second kappa shape index (κ2) is 8.95. The zero-order valence-corrected chi connectivity index (χ0v) is 15.6. The summed E-state index contributed by atoms with van der Waals surface area (Å²) in [7, 11) is 0. The van der Waals surface area contributed by atoms with Crippen LogP contribution < -0.4 is 15.4 Å². The maximum absolute atomic E-state index is 12.1. The van der Waals surface area contributed by atoms with Gasteiger partial charge < -0.3 is 15.4 Å². The molecule has 0 atom stereocenters. The van der Waals surface area contributed by atoms with Crippen LogP contribution in [0.5, 0.6) is 5.75 Å². The monoisotopic (exact) mass is 381 g/mol. The number of hydrogen-bond donors (Lipinski definition) is 2. The molecule has 0 unspecified atom stereocenters. The van der Waals surface area contributed by atoms with Gasteiger partial charge in [0.05, 0.1) is 10.2 Å². The molecule has 0 saturated carbocycles. The van der Waals surface area contributed by atoms with Crippen LogP contribution in [-0.4, -0.2) is 29.9 Å². The van der Waals surface area contributed by atoms with Gasteiger partial charge in [0.15, 0.2) is 6.61 Å². The fourth-order valence-corrected chi connectivity index (χ4v) is 3.19. The van der Waals surface area contributed by atoms with E-state index < -0.39 is 0 Å². The molecule has 0 bridgehead atoms. The van der Waals surface area contributed by atoms with Gasteiger partial charge in [0, 0.05) is 18.3 Å². The van der Waals surface area contributed by atoms with E-state index in [1.54, 1.807) is 30.3 Å². The minimum atomic E-state index is -0.245. The molecule has 0 saturated heterocycles. The van der Waals surface area contributed by atoms with Crippen LogP contribution in [0.3, 0.4) is 0 Å². The van der Waals surface area contributed by atoms with E-state index in [2.05, 4.69) is 15.6 Å². The van der Waals surface area contributed by atoms with E-state index in [-0.39, 0.29) is 18.4 Å². The van der Waals surface area contributed by atoms with Crippen molar-refractivity contribution < 1.29 is 14.3 Å². The normalized spacial score (nSPS) is 10.9. The number of ether oxygens (including phenoxy) is 1. The van der Waals surface area contributed by atoms with Crippen molar-refractivity contribution in [1.29, 1.82) is 0 Å². The summed E-state index contributed by atoms with van der Waals surface area (Å²) in [6.07, 6.45) is 3.15. The third-order valence-corrected chi connectivity index (χ3v) is 4.56. The number of fused-ring (bicyclic) bond motifs is 1. The molecule has 2 N–H and O–H groups in total. The van der Waals surface area contributed by atoms with Crippen molar-refractivity contribution in [2.45, 2.75) is 6.92 Å². The number of rotatable bonds is 7. The molecule has 27 heavy (non-hydrogen) atoms. The number of carbonyl (C=O) groups is 2. The molecule has 0 fully saturated rings. The van der Waals surface area contributed by atoms with Gasteiger partial charge >= 0.3 is 0 Å². The van der Waals surface area contributed by atoms with E-state index in [0.29, 0.717) is 18.0 Å². The summed E-state index contributed by atoms with van der Waals surface area (Å²) in [5, 5.41) is 6.21. The van der Waals surface area contributed by atoms with Gasteiger partial charge in [-0.2, -0.15) is 0 Å². The number of thiazole rings is 1. The predicted molar refractivity (Wildman–Crippen MR) is 108 cm³/mol. The summed E-state index contributed by atoms with van der Waals surface area (Å²) < 4.78 is 6.45. The van der Waals surface area contributed by atoms with Gasteiger partial charge in [-0.3, -0.25) is 9.59 Å². The topological polar surface area (TPSA) is 80.3 Å². The van der Waals surface area contributed by atoms with Crippen LogP contribution in [0.4, 0.5) is 5.69 Å². The summed E-state index contributed by atoms with van der Waals surface area (Å²) in [4.78, 5) is 27.9. The highest BCUT2D eigenvalue weighted by Crippen LogP contribution is 2.22. The summed E-state index contributed by atoms with van der Waals surface area (Å²) in [5.74, 6) is 0.143. The third kappa shape index (κ3) is 5.39. The Bertz CT molecular complexity index is 931. The van der Waals surface area contributed by atoms with Crippen LogP contribution in [0.15, 0.2) is 54.6 Å². The van der Waals surface area contributed by atoms with Gasteiger partial charge in [-0.25, -0.2) is 4.98 Å². The molecule has 7 heteroatoms.